The van der Waals surface area contributed by atoms with Crippen LogP contribution in [0.5, 0.6) is 0 Å². The van der Waals surface area contributed by atoms with Crippen LogP contribution < -0.4 is 9.80 Å². The maximum absolute atomic E-state index is 13.7. The quantitative estimate of drug-likeness (QED) is 0.522. The highest BCUT2D eigenvalue weighted by Crippen LogP contribution is 2.45. The van der Waals surface area contributed by atoms with Crippen molar-refractivity contribution >= 4 is 33.2 Å². The molecule has 134 valence electrons. The molecule has 2 heterocycles. The van der Waals surface area contributed by atoms with Gasteiger partial charge in [-0.25, -0.2) is 0 Å². The van der Waals surface area contributed by atoms with E-state index in [-0.39, 0.29) is 12.1 Å². The maximum Gasteiger partial charge on any atom is 0.262 e. The first-order valence-electron chi connectivity index (χ1n) is 9.18. The van der Waals surface area contributed by atoms with E-state index in [1.54, 1.807) is 0 Å². The average molecular weight is 419 g/mol. The molecule has 0 aliphatic carbocycles. The number of aryl methyl sites for hydroxylation is 1. The van der Waals surface area contributed by atoms with Gasteiger partial charge in [-0.15, -0.1) is 0 Å². The van der Waals surface area contributed by atoms with E-state index in [1.165, 1.54) is 11.1 Å². The number of fused-ring (bicyclic) bond motifs is 5. The summed E-state index contributed by atoms with van der Waals surface area (Å²) in [5.74, 6) is 0.0542. The predicted octanol–water partition coefficient (Wildman–Crippen LogP) is 5.48. The molecule has 3 aromatic carbocycles. The number of carbonyl (C=O) groups excluding carboxylic acids is 1. The lowest BCUT2D eigenvalue weighted by molar-refractivity contribution is 0.0967. The summed E-state index contributed by atoms with van der Waals surface area (Å²) in [6.45, 7) is 2.96. The zero-order valence-electron chi connectivity index (χ0n) is 15.0. The Balaban J connectivity index is 1.79. The second-order valence-electron chi connectivity index (χ2n) is 7.14. The van der Waals surface area contributed by atoms with Crippen molar-refractivity contribution in [2.24, 2.45) is 0 Å². The number of amides is 1. The first-order valence-corrected chi connectivity index (χ1v) is 9.97. The molecular weight excluding hydrogens is 400 g/mol. The van der Waals surface area contributed by atoms with E-state index < -0.39 is 0 Å². The number of benzene rings is 3. The lowest BCUT2D eigenvalue weighted by Crippen LogP contribution is -2.52. The van der Waals surface area contributed by atoms with Crippen molar-refractivity contribution in [3.8, 4) is 0 Å². The molecule has 3 nitrogen and oxygen atoms in total. The fourth-order valence-electron chi connectivity index (χ4n) is 4.32. The van der Waals surface area contributed by atoms with Gasteiger partial charge in [-0.2, -0.15) is 0 Å². The Kier molecular flexibility index (Phi) is 3.83. The first-order chi connectivity index (χ1) is 13.1. The summed E-state index contributed by atoms with van der Waals surface area (Å²) in [6.07, 6.45) is 0.870. The summed E-state index contributed by atoms with van der Waals surface area (Å²) in [6, 6.07) is 22.7. The average Bonchev–Trinajstić information content (AvgIpc) is 2.69. The van der Waals surface area contributed by atoms with Gasteiger partial charge in [0.25, 0.3) is 5.91 Å². The SMILES string of the molecule is Cc1ccccc1N1C(=O)c2cc(Br)ccc2N2CCc3ccccc3C21. The fraction of sp³-hybridized carbons (Fsp3) is 0.174. The van der Waals surface area contributed by atoms with Crippen molar-refractivity contribution in [3.05, 3.63) is 93.5 Å². The van der Waals surface area contributed by atoms with Crippen LogP contribution in [0.2, 0.25) is 0 Å². The second-order valence-corrected chi connectivity index (χ2v) is 8.05. The van der Waals surface area contributed by atoms with Crippen molar-refractivity contribution in [2.75, 3.05) is 16.3 Å². The third-order valence-corrected chi connectivity index (χ3v) is 6.08. The molecular formula is C23H19BrN2O. The van der Waals surface area contributed by atoms with Gasteiger partial charge in [-0.1, -0.05) is 58.4 Å². The molecule has 0 bridgehead atoms. The van der Waals surface area contributed by atoms with Gasteiger partial charge in [0.05, 0.1) is 11.3 Å². The molecule has 5 rings (SSSR count). The third kappa shape index (κ3) is 2.51. The minimum Gasteiger partial charge on any atom is -0.346 e. The largest absolute Gasteiger partial charge is 0.346 e. The van der Waals surface area contributed by atoms with E-state index in [4.69, 9.17) is 0 Å². The van der Waals surface area contributed by atoms with Crippen LogP contribution in [-0.2, 0) is 6.42 Å². The zero-order valence-corrected chi connectivity index (χ0v) is 16.6. The Bertz CT molecular complexity index is 1060. The first kappa shape index (κ1) is 16.6. The molecule has 0 spiro atoms. The highest BCUT2D eigenvalue weighted by atomic mass is 79.9. The Labute approximate surface area is 167 Å². The smallest absolute Gasteiger partial charge is 0.262 e. The highest BCUT2D eigenvalue weighted by molar-refractivity contribution is 9.10. The van der Waals surface area contributed by atoms with E-state index in [9.17, 15) is 4.79 Å². The van der Waals surface area contributed by atoms with Crippen molar-refractivity contribution in [3.63, 3.8) is 0 Å². The Morgan fingerprint density at radius 1 is 0.963 bits per heavy atom. The molecule has 2 aliphatic heterocycles. The minimum absolute atomic E-state index is 0.0542. The van der Waals surface area contributed by atoms with Gasteiger partial charge >= 0.3 is 0 Å². The van der Waals surface area contributed by atoms with Crippen LogP contribution in [0.3, 0.4) is 0 Å². The van der Waals surface area contributed by atoms with E-state index in [2.05, 4.69) is 64.2 Å². The van der Waals surface area contributed by atoms with Crippen LogP contribution >= 0.6 is 15.9 Å². The van der Waals surface area contributed by atoms with Crippen LogP contribution in [0.15, 0.2) is 71.2 Å². The molecule has 1 atom stereocenters. The molecule has 1 amide bonds. The number of anilines is 2. The Hall–Kier alpha value is -2.59. The number of hydrogen-bond donors (Lipinski definition) is 0. The molecule has 4 heteroatoms. The predicted molar refractivity (Wildman–Crippen MR) is 112 cm³/mol. The van der Waals surface area contributed by atoms with Crippen molar-refractivity contribution in [2.45, 2.75) is 19.5 Å². The van der Waals surface area contributed by atoms with Crippen molar-refractivity contribution < 1.29 is 4.79 Å². The molecule has 27 heavy (non-hydrogen) atoms. The van der Waals surface area contributed by atoms with Gasteiger partial charge in [0.1, 0.15) is 6.17 Å². The summed E-state index contributed by atoms with van der Waals surface area (Å²) < 4.78 is 0.926. The topological polar surface area (TPSA) is 23.6 Å². The zero-order chi connectivity index (χ0) is 18.5. The lowest BCUT2D eigenvalue weighted by atomic mass is 9.91. The van der Waals surface area contributed by atoms with E-state index in [0.717, 1.165) is 39.9 Å². The minimum atomic E-state index is -0.114. The molecule has 3 aromatic rings. The normalized spacial score (nSPS) is 18.0. The molecule has 1 unspecified atom stereocenters. The number of rotatable bonds is 1. The van der Waals surface area contributed by atoms with Gasteiger partial charge in [-0.05, 0) is 54.3 Å². The van der Waals surface area contributed by atoms with Crippen molar-refractivity contribution in [1.82, 2.24) is 0 Å². The molecule has 0 N–H and O–H groups in total. The molecule has 0 saturated heterocycles. The number of halogens is 1. The van der Waals surface area contributed by atoms with E-state index >= 15 is 0 Å². The lowest BCUT2D eigenvalue weighted by Gasteiger charge is -2.49. The summed E-state index contributed by atoms with van der Waals surface area (Å²) in [5.41, 5.74) is 6.39. The molecule has 0 aromatic heterocycles. The van der Waals surface area contributed by atoms with Gasteiger partial charge in [0.2, 0.25) is 0 Å². The van der Waals surface area contributed by atoms with Crippen LogP contribution in [0, 0.1) is 6.92 Å². The summed E-state index contributed by atoms with van der Waals surface area (Å²) in [7, 11) is 0. The van der Waals surface area contributed by atoms with Crippen LogP contribution in [0.4, 0.5) is 11.4 Å². The summed E-state index contributed by atoms with van der Waals surface area (Å²) in [4.78, 5) is 18.0. The number of hydrogen-bond acceptors (Lipinski definition) is 2. The standard InChI is InChI=1S/C23H19BrN2O/c1-15-6-2-5-9-20(15)26-22-18-8-4-3-7-16(18)12-13-25(22)21-11-10-17(24)14-19(21)23(26)27/h2-11,14,22H,12-13H2,1H3. The van der Waals surface area contributed by atoms with Crippen LogP contribution in [0.25, 0.3) is 0 Å². The monoisotopic (exact) mass is 418 g/mol. The van der Waals surface area contributed by atoms with Gasteiger partial charge < -0.3 is 4.90 Å². The second kappa shape index (κ2) is 6.24. The molecule has 0 saturated carbocycles. The fourth-order valence-corrected chi connectivity index (χ4v) is 4.68. The van der Waals surface area contributed by atoms with Gasteiger partial charge in [0.15, 0.2) is 0 Å². The van der Waals surface area contributed by atoms with Gasteiger partial charge in [-0.3, -0.25) is 9.69 Å². The number of nitrogens with zero attached hydrogens (tertiary/aromatic N) is 2. The molecule has 2 aliphatic rings. The Morgan fingerprint density at radius 3 is 2.59 bits per heavy atom. The van der Waals surface area contributed by atoms with E-state index in [1.807, 2.05) is 35.2 Å². The van der Waals surface area contributed by atoms with Gasteiger partial charge in [0, 0.05) is 16.7 Å². The van der Waals surface area contributed by atoms with Crippen LogP contribution in [-0.4, -0.2) is 12.5 Å². The van der Waals surface area contributed by atoms with Crippen molar-refractivity contribution in [1.29, 1.82) is 0 Å². The van der Waals surface area contributed by atoms with E-state index in [0.29, 0.717) is 0 Å². The summed E-state index contributed by atoms with van der Waals surface area (Å²) >= 11 is 3.53. The Morgan fingerprint density at radius 2 is 1.74 bits per heavy atom. The number of carbonyl (C=O) groups is 1. The maximum atomic E-state index is 13.7. The summed E-state index contributed by atoms with van der Waals surface area (Å²) in [5, 5.41) is 0. The number of para-hydroxylation sites is 1. The highest BCUT2D eigenvalue weighted by Gasteiger charge is 2.42. The third-order valence-electron chi connectivity index (χ3n) is 5.59. The van der Waals surface area contributed by atoms with Crippen LogP contribution in [0.1, 0.15) is 33.2 Å². The molecule has 0 fully saturated rings. The molecule has 0 radical (unpaired) electrons.